The predicted octanol–water partition coefficient (Wildman–Crippen LogP) is 8.24. The van der Waals surface area contributed by atoms with Crippen LogP contribution in [-0.2, 0) is 36.9 Å². The normalized spacial score (nSPS) is 12.9. The number of rotatable bonds is 17. The molecule has 0 saturated carbocycles. The number of H-pyrrole nitrogens is 2. The van der Waals surface area contributed by atoms with Gasteiger partial charge in [-0.05, 0) is 70.0 Å². The summed E-state index contributed by atoms with van der Waals surface area (Å²) in [5, 5.41) is 9.40. The van der Waals surface area contributed by atoms with E-state index in [9.17, 15) is 19.2 Å². The van der Waals surface area contributed by atoms with Crippen LogP contribution in [0.2, 0.25) is 0 Å². The lowest BCUT2D eigenvalue weighted by Gasteiger charge is -2.30. The number of ether oxygens (including phenoxy) is 3. The minimum atomic E-state index is -0.919. The Bertz CT molecular complexity index is 2780. The van der Waals surface area contributed by atoms with Gasteiger partial charge in [-0.2, -0.15) is 0 Å². The van der Waals surface area contributed by atoms with Gasteiger partial charge in [0.25, 0.3) is 0 Å². The molecule has 2 heterocycles. The van der Waals surface area contributed by atoms with Crippen LogP contribution in [0.3, 0.4) is 0 Å². The molecule has 0 aliphatic rings. The van der Waals surface area contributed by atoms with Crippen molar-refractivity contribution in [3.8, 4) is 11.1 Å². The Kier molecular flexibility index (Phi) is 14.1. The van der Waals surface area contributed by atoms with Crippen molar-refractivity contribution in [1.29, 1.82) is 0 Å². The molecule has 15 heteroatoms. The molecule has 2 aromatic heterocycles. The monoisotopic (exact) mass is 868 g/mol. The molecule has 0 fully saturated rings. The molecule has 7 aromatic rings. The van der Waals surface area contributed by atoms with Gasteiger partial charge in [0.2, 0.25) is 11.8 Å². The van der Waals surface area contributed by atoms with E-state index in [1.54, 1.807) is 16.9 Å². The third-order valence-corrected chi connectivity index (χ3v) is 11.4. The molecule has 4 N–H and O–H groups in total. The number of amides is 4. The highest BCUT2D eigenvalue weighted by molar-refractivity contribution is 6.07. The number of aromatic amines is 2. The summed E-state index contributed by atoms with van der Waals surface area (Å²) in [4.78, 5) is 72.7. The number of methoxy groups -OCH3 is 3. The number of fused-ring (bicyclic) bond motifs is 6. The van der Waals surface area contributed by atoms with Gasteiger partial charge in [-0.1, -0.05) is 94.4 Å². The van der Waals surface area contributed by atoms with E-state index in [-0.39, 0.29) is 36.7 Å². The van der Waals surface area contributed by atoms with Crippen LogP contribution in [0.15, 0.2) is 91.0 Å². The van der Waals surface area contributed by atoms with Crippen LogP contribution < -0.4 is 10.6 Å². The Hall–Kier alpha value is -7.00. The van der Waals surface area contributed by atoms with Crippen LogP contribution in [0.4, 0.5) is 9.59 Å². The molecule has 64 heavy (non-hydrogen) atoms. The van der Waals surface area contributed by atoms with Crippen LogP contribution >= 0.6 is 0 Å². The van der Waals surface area contributed by atoms with E-state index >= 15 is 0 Å². The molecule has 334 valence electrons. The van der Waals surface area contributed by atoms with E-state index in [2.05, 4.69) is 69.1 Å². The van der Waals surface area contributed by atoms with Crippen molar-refractivity contribution in [1.82, 2.24) is 40.4 Å². The standard InChI is InChI=1S/C49H56N8O7/c1-8-22-56(47(59)43(55-49(61)64-7)31-12-10-9-11-13-31)26-40-50-38-20-16-34-23-32(14-18-36(34)44(38)52-40)33-15-19-37-35(24-33)17-21-39-45(37)53-41(51-39)27-57(25-30(4)28-62-5)46(58)42(29(2)3)54-48(60)63-6/h9-21,23-24,29-30,42-43H,8,22,25-28H2,1-7H3,(H,50,52)(H,51,53)(H,54,60)(H,55,61)/t30-,42-,43+/m0/s1. The molecule has 0 bridgehead atoms. The summed E-state index contributed by atoms with van der Waals surface area (Å²) in [5.74, 6) is 0.645. The molecule has 0 radical (unpaired) electrons. The van der Waals surface area contributed by atoms with E-state index < -0.39 is 24.3 Å². The molecular formula is C49H56N8O7. The van der Waals surface area contributed by atoms with E-state index in [1.165, 1.54) is 14.2 Å². The van der Waals surface area contributed by atoms with Crippen molar-refractivity contribution < 1.29 is 33.4 Å². The number of carbonyl (C=O) groups excluding carboxylic acids is 4. The van der Waals surface area contributed by atoms with Gasteiger partial charge in [0.15, 0.2) is 0 Å². The van der Waals surface area contributed by atoms with Crippen LogP contribution in [-0.4, -0.2) is 101 Å². The molecule has 4 amide bonds. The van der Waals surface area contributed by atoms with Gasteiger partial charge in [-0.3, -0.25) is 9.59 Å². The third kappa shape index (κ3) is 9.94. The maximum Gasteiger partial charge on any atom is 0.407 e. The van der Waals surface area contributed by atoms with Gasteiger partial charge < -0.3 is 44.6 Å². The number of hydrogen-bond acceptors (Lipinski definition) is 9. The number of carbonyl (C=O) groups is 4. The van der Waals surface area contributed by atoms with Crippen molar-refractivity contribution >= 4 is 67.6 Å². The highest BCUT2D eigenvalue weighted by atomic mass is 16.5. The highest BCUT2D eigenvalue weighted by Gasteiger charge is 2.31. The summed E-state index contributed by atoms with van der Waals surface area (Å²) in [6.45, 7) is 9.57. The minimum absolute atomic E-state index is 0.0398. The number of alkyl carbamates (subject to hydrolysis) is 2. The van der Waals surface area contributed by atoms with Gasteiger partial charge in [-0.15, -0.1) is 0 Å². The number of hydrogen-bond donors (Lipinski definition) is 4. The molecule has 7 rings (SSSR count). The average molecular weight is 869 g/mol. The summed E-state index contributed by atoms with van der Waals surface area (Å²) in [6, 6.07) is 28.2. The average Bonchev–Trinajstić information content (AvgIpc) is 3.92. The lowest BCUT2D eigenvalue weighted by atomic mass is 9.98. The Morgan fingerprint density at radius 1 is 0.672 bits per heavy atom. The second-order valence-electron chi connectivity index (χ2n) is 16.5. The zero-order chi connectivity index (χ0) is 45.5. The summed E-state index contributed by atoms with van der Waals surface area (Å²) in [5.41, 5.74) is 6.05. The van der Waals surface area contributed by atoms with E-state index in [0.717, 1.165) is 54.7 Å². The zero-order valence-electron chi connectivity index (χ0n) is 37.4. The fourth-order valence-corrected chi connectivity index (χ4v) is 8.25. The molecule has 0 unspecified atom stereocenters. The Morgan fingerprint density at radius 2 is 1.22 bits per heavy atom. The van der Waals surface area contributed by atoms with Crippen LogP contribution in [0.25, 0.3) is 54.7 Å². The van der Waals surface area contributed by atoms with Crippen molar-refractivity contribution in [3.05, 3.63) is 108 Å². The third-order valence-electron chi connectivity index (χ3n) is 11.4. The summed E-state index contributed by atoms with van der Waals surface area (Å²) >= 11 is 0. The fourth-order valence-electron chi connectivity index (χ4n) is 8.25. The lowest BCUT2D eigenvalue weighted by molar-refractivity contribution is -0.136. The molecule has 15 nitrogen and oxygen atoms in total. The van der Waals surface area contributed by atoms with Crippen LogP contribution in [0.1, 0.15) is 57.4 Å². The first-order valence-electron chi connectivity index (χ1n) is 21.5. The Balaban J connectivity index is 1.13. The molecular weight excluding hydrogens is 813 g/mol. The zero-order valence-corrected chi connectivity index (χ0v) is 37.4. The first-order chi connectivity index (χ1) is 30.9. The van der Waals surface area contributed by atoms with Gasteiger partial charge in [0.1, 0.15) is 23.7 Å². The van der Waals surface area contributed by atoms with Gasteiger partial charge in [0, 0.05) is 31.0 Å². The van der Waals surface area contributed by atoms with Crippen molar-refractivity contribution in [2.75, 3.05) is 41.0 Å². The Labute approximate surface area is 371 Å². The number of nitrogens with one attached hydrogen (secondary N) is 4. The second-order valence-corrected chi connectivity index (χ2v) is 16.5. The molecule has 5 aromatic carbocycles. The molecule has 0 spiro atoms. The number of benzene rings is 5. The summed E-state index contributed by atoms with van der Waals surface area (Å²) in [7, 11) is 4.19. The molecule has 0 saturated heterocycles. The topological polar surface area (TPSA) is 184 Å². The SMILES string of the molecule is CCCN(Cc1nc2c(ccc3cc(-c4ccc5c(ccc6[nH]c(CN(C[C@H](C)COC)C(=O)[C@@H](NC(=O)OC)C(C)C)nc65)c4)ccc32)[nH]1)C(=O)[C@H](NC(=O)OC)c1ccccc1. The number of imidazole rings is 2. The maximum atomic E-state index is 14.0. The van der Waals surface area contributed by atoms with Gasteiger partial charge in [-0.25, -0.2) is 19.6 Å². The van der Waals surface area contributed by atoms with Gasteiger partial charge >= 0.3 is 12.2 Å². The van der Waals surface area contributed by atoms with E-state index in [1.807, 2.05) is 70.2 Å². The number of nitrogens with zero attached hydrogens (tertiary/aromatic N) is 4. The second kappa shape index (κ2) is 20.0. The first kappa shape index (κ1) is 45.0. The summed E-state index contributed by atoms with van der Waals surface area (Å²) in [6.07, 6.45) is -0.632. The van der Waals surface area contributed by atoms with E-state index in [4.69, 9.17) is 24.2 Å². The summed E-state index contributed by atoms with van der Waals surface area (Å²) < 4.78 is 15.0. The first-order valence-corrected chi connectivity index (χ1v) is 21.5. The fraction of sp³-hybridized carbons (Fsp3) is 0.347. The molecule has 0 aliphatic heterocycles. The largest absolute Gasteiger partial charge is 0.453 e. The van der Waals surface area contributed by atoms with Crippen molar-refractivity contribution in [2.45, 2.75) is 59.3 Å². The Morgan fingerprint density at radius 3 is 1.73 bits per heavy atom. The van der Waals surface area contributed by atoms with Crippen molar-refractivity contribution in [3.63, 3.8) is 0 Å². The smallest absolute Gasteiger partial charge is 0.407 e. The van der Waals surface area contributed by atoms with Crippen LogP contribution in [0.5, 0.6) is 0 Å². The van der Waals surface area contributed by atoms with E-state index in [0.29, 0.717) is 43.3 Å². The van der Waals surface area contributed by atoms with Crippen LogP contribution in [0, 0.1) is 11.8 Å². The lowest BCUT2D eigenvalue weighted by Crippen LogP contribution is -2.52. The quantitative estimate of drug-likeness (QED) is 0.0700. The molecule has 0 aliphatic carbocycles. The maximum absolute atomic E-state index is 14.0. The van der Waals surface area contributed by atoms with Crippen molar-refractivity contribution in [2.24, 2.45) is 11.8 Å². The number of aromatic nitrogens is 4. The highest BCUT2D eigenvalue weighted by Crippen LogP contribution is 2.33. The van der Waals surface area contributed by atoms with Gasteiger partial charge in [0.05, 0.1) is 56.0 Å². The minimum Gasteiger partial charge on any atom is -0.453 e. The molecule has 3 atom stereocenters. The predicted molar refractivity (Wildman–Crippen MR) is 247 cm³/mol.